The maximum Gasteiger partial charge on any atom is 0.408 e. The molecule has 1 N–H and O–H groups in total. The summed E-state index contributed by atoms with van der Waals surface area (Å²) in [6, 6.07) is 7.84. The minimum absolute atomic E-state index is 0.0920. The molecule has 0 radical (unpaired) electrons. The SMILES string of the molecule is COC(=O)C(=O)[C@H](CCC(=O)OCc1ccccc1)NC(=O)OC(C)(C)C. The molecule has 0 saturated carbocycles. The molecule has 0 saturated heterocycles. The molecule has 1 rings (SSSR count). The highest BCUT2D eigenvalue weighted by atomic mass is 16.6. The maximum absolute atomic E-state index is 12.1. The molecule has 8 heteroatoms. The molecule has 8 nitrogen and oxygen atoms in total. The van der Waals surface area contributed by atoms with Gasteiger partial charge in [-0.3, -0.25) is 9.59 Å². The average Bonchev–Trinajstić information content (AvgIpc) is 2.61. The zero-order chi connectivity index (χ0) is 20.4. The number of carbonyl (C=O) groups is 4. The van der Waals surface area contributed by atoms with Crippen molar-refractivity contribution in [2.24, 2.45) is 0 Å². The molecule has 0 unspecified atom stereocenters. The molecule has 148 valence electrons. The predicted octanol–water partition coefficient (Wildman–Crippen LogP) is 2.15. The molecule has 0 aliphatic heterocycles. The number of esters is 2. The molecule has 0 aliphatic carbocycles. The topological polar surface area (TPSA) is 108 Å². The van der Waals surface area contributed by atoms with Crippen LogP contribution >= 0.6 is 0 Å². The van der Waals surface area contributed by atoms with Crippen molar-refractivity contribution in [3.05, 3.63) is 35.9 Å². The molecular formula is C19H25NO7. The summed E-state index contributed by atoms with van der Waals surface area (Å²) < 4.78 is 14.6. The molecule has 0 bridgehead atoms. The van der Waals surface area contributed by atoms with Crippen LogP contribution < -0.4 is 5.32 Å². The average molecular weight is 379 g/mol. The normalized spacial score (nSPS) is 11.9. The highest BCUT2D eigenvalue weighted by Gasteiger charge is 2.30. The lowest BCUT2D eigenvalue weighted by molar-refractivity contribution is -0.153. The predicted molar refractivity (Wildman–Crippen MR) is 95.7 cm³/mol. The van der Waals surface area contributed by atoms with Crippen LogP contribution in [0.4, 0.5) is 4.79 Å². The van der Waals surface area contributed by atoms with Crippen LogP contribution in [0.15, 0.2) is 30.3 Å². The fourth-order valence-electron chi connectivity index (χ4n) is 2.03. The molecule has 0 spiro atoms. The molecular weight excluding hydrogens is 354 g/mol. The number of nitrogens with one attached hydrogen (secondary N) is 1. The van der Waals surface area contributed by atoms with E-state index in [9.17, 15) is 19.2 Å². The highest BCUT2D eigenvalue weighted by molar-refractivity contribution is 6.36. The number of benzene rings is 1. The van der Waals surface area contributed by atoms with Crippen molar-refractivity contribution in [2.75, 3.05) is 7.11 Å². The number of amides is 1. The Hall–Kier alpha value is -2.90. The van der Waals surface area contributed by atoms with E-state index in [1.165, 1.54) is 0 Å². The van der Waals surface area contributed by atoms with Crippen molar-refractivity contribution in [1.29, 1.82) is 0 Å². The van der Waals surface area contributed by atoms with Gasteiger partial charge in [-0.25, -0.2) is 9.59 Å². The number of ether oxygens (including phenoxy) is 3. The van der Waals surface area contributed by atoms with E-state index in [0.717, 1.165) is 12.7 Å². The third kappa shape index (κ3) is 8.84. The van der Waals surface area contributed by atoms with E-state index in [4.69, 9.17) is 9.47 Å². The number of hydrogen-bond donors (Lipinski definition) is 1. The van der Waals surface area contributed by atoms with Gasteiger partial charge in [0.25, 0.3) is 5.78 Å². The van der Waals surface area contributed by atoms with Crippen molar-refractivity contribution in [2.45, 2.75) is 51.9 Å². The largest absolute Gasteiger partial charge is 0.463 e. The Labute approximate surface area is 158 Å². The van der Waals surface area contributed by atoms with Gasteiger partial charge in [0.05, 0.1) is 7.11 Å². The van der Waals surface area contributed by atoms with E-state index >= 15 is 0 Å². The number of hydrogen-bond acceptors (Lipinski definition) is 7. The standard InChI is InChI=1S/C19H25NO7/c1-19(2,3)27-18(24)20-14(16(22)17(23)25-4)10-11-15(21)26-12-13-8-6-5-7-9-13/h5-9,14H,10-12H2,1-4H3,(H,20,24)/t14-/m0/s1. The second-order valence-corrected chi connectivity index (χ2v) is 6.74. The Morgan fingerprint density at radius 2 is 1.70 bits per heavy atom. The van der Waals surface area contributed by atoms with Gasteiger partial charge >= 0.3 is 18.0 Å². The number of methoxy groups -OCH3 is 1. The van der Waals surface area contributed by atoms with Gasteiger partial charge in [0.2, 0.25) is 0 Å². The Bertz CT molecular complexity index is 664. The van der Waals surface area contributed by atoms with Crippen LogP contribution in [0.2, 0.25) is 0 Å². The Morgan fingerprint density at radius 1 is 1.07 bits per heavy atom. The molecule has 1 aromatic carbocycles. The van der Waals surface area contributed by atoms with Crippen LogP contribution in [0.1, 0.15) is 39.2 Å². The van der Waals surface area contributed by atoms with Crippen LogP contribution in [0.3, 0.4) is 0 Å². The first-order valence-corrected chi connectivity index (χ1v) is 8.43. The lowest BCUT2D eigenvalue weighted by Gasteiger charge is -2.22. The van der Waals surface area contributed by atoms with Gasteiger partial charge in [-0.2, -0.15) is 0 Å². The lowest BCUT2D eigenvalue weighted by atomic mass is 10.1. The fourth-order valence-corrected chi connectivity index (χ4v) is 2.03. The van der Waals surface area contributed by atoms with Crippen molar-refractivity contribution < 1.29 is 33.4 Å². The second kappa shape index (κ2) is 10.3. The summed E-state index contributed by atoms with van der Waals surface area (Å²) in [4.78, 5) is 47.4. The van der Waals surface area contributed by atoms with E-state index in [2.05, 4.69) is 10.1 Å². The van der Waals surface area contributed by atoms with Crippen LogP contribution in [-0.2, 0) is 35.2 Å². The lowest BCUT2D eigenvalue weighted by Crippen LogP contribution is -2.46. The molecule has 1 aromatic rings. The van der Waals surface area contributed by atoms with Crippen molar-refractivity contribution in [1.82, 2.24) is 5.32 Å². The minimum Gasteiger partial charge on any atom is -0.463 e. The highest BCUT2D eigenvalue weighted by Crippen LogP contribution is 2.09. The summed E-state index contributed by atoms with van der Waals surface area (Å²) in [5, 5.41) is 2.30. The third-order valence-electron chi connectivity index (χ3n) is 3.27. The van der Waals surface area contributed by atoms with Crippen LogP contribution in [0.25, 0.3) is 0 Å². The van der Waals surface area contributed by atoms with E-state index in [1.54, 1.807) is 32.9 Å². The van der Waals surface area contributed by atoms with Gasteiger partial charge in [0.15, 0.2) is 0 Å². The van der Waals surface area contributed by atoms with E-state index in [-0.39, 0.29) is 19.4 Å². The zero-order valence-corrected chi connectivity index (χ0v) is 15.9. The summed E-state index contributed by atoms with van der Waals surface area (Å²) in [7, 11) is 1.05. The van der Waals surface area contributed by atoms with Gasteiger partial charge in [0.1, 0.15) is 18.2 Å². The van der Waals surface area contributed by atoms with Crippen LogP contribution in [-0.4, -0.2) is 42.6 Å². The van der Waals surface area contributed by atoms with E-state index in [0.29, 0.717) is 0 Å². The van der Waals surface area contributed by atoms with Gasteiger partial charge in [-0.1, -0.05) is 30.3 Å². The van der Waals surface area contributed by atoms with Gasteiger partial charge < -0.3 is 19.5 Å². The molecule has 1 amide bonds. The summed E-state index contributed by atoms with van der Waals surface area (Å²) in [6.07, 6.45) is -1.17. The number of rotatable bonds is 8. The first-order chi connectivity index (χ1) is 12.6. The number of Topliss-reactive ketones (excluding diaryl/α,β-unsaturated/α-hetero) is 1. The number of carbonyl (C=O) groups excluding carboxylic acids is 4. The van der Waals surface area contributed by atoms with Crippen LogP contribution in [0, 0.1) is 0 Å². The summed E-state index contributed by atoms with van der Waals surface area (Å²) in [5.41, 5.74) is 0.0392. The van der Waals surface area contributed by atoms with Crippen molar-refractivity contribution >= 4 is 23.8 Å². The first-order valence-electron chi connectivity index (χ1n) is 8.43. The summed E-state index contributed by atoms with van der Waals surface area (Å²) in [6.45, 7) is 5.06. The fraction of sp³-hybridized carbons (Fsp3) is 0.474. The van der Waals surface area contributed by atoms with Crippen molar-refractivity contribution in [3.63, 3.8) is 0 Å². The van der Waals surface area contributed by atoms with Gasteiger partial charge in [-0.15, -0.1) is 0 Å². The Balaban J connectivity index is 2.62. The molecule has 0 aromatic heterocycles. The smallest absolute Gasteiger partial charge is 0.408 e. The summed E-state index contributed by atoms with van der Waals surface area (Å²) >= 11 is 0. The third-order valence-corrected chi connectivity index (χ3v) is 3.27. The van der Waals surface area contributed by atoms with Gasteiger partial charge in [-0.05, 0) is 32.8 Å². The van der Waals surface area contributed by atoms with Crippen LogP contribution in [0.5, 0.6) is 0 Å². The second-order valence-electron chi connectivity index (χ2n) is 6.74. The molecule has 0 fully saturated rings. The molecule has 0 heterocycles. The van der Waals surface area contributed by atoms with Gasteiger partial charge in [0, 0.05) is 6.42 Å². The summed E-state index contributed by atoms with van der Waals surface area (Å²) in [5.74, 6) is -2.65. The maximum atomic E-state index is 12.1. The van der Waals surface area contributed by atoms with E-state index in [1.807, 2.05) is 18.2 Å². The number of alkyl carbamates (subject to hydrolysis) is 1. The Morgan fingerprint density at radius 3 is 2.26 bits per heavy atom. The molecule has 27 heavy (non-hydrogen) atoms. The Kier molecular flexibility index (Phi) is 8.44. The zero-order valence-electron chi connectivity index (χ0n) is 15.9. The minimum atomic E-state index is -1.25. The van der Waals surface area contributed by atoms with E-state index < -0.39 is 35.5 Å². The quantitative estimate of drug-likeness (QED) is 0.419. The molecule has 1 atom stereocenters. The first kappa shape index (κ1) is 22.1. The van der Waals surface area contributed by atoms with Crippen molar-refractivity contribution in [3.8, 4) is 0 Å². The monoisotopic (exact) mass is 379 g/mol. The molecule has 0 aliphatic rings. The number of ketones is 1.